The molecule has 2 aromatic carbocycles. The van der Waals surface area contributed by atoms with E-state index in [9.17, 15) is 19.4 Å². The Labute approximate surface area is 193 Å². The molecule has 0 aliphatic rings. The minimum Gasteiger partial charge on any atom is -0.495 e. The van der Waals surface area contributed by atoms with E-state index in [1.54, 1.807) is 31.2 Å². The van der Waals surface area contributed by atoms with Crippen LogP contribution in [0.3, 0.4) is 0 Å². The van der Waals surface area contributed by atoms with Gasteiger partial charge in [0.1, 0.15) is 11.6 Å². The Morgan fingerprint density at radius 3 is 2.44 bits per heavy atom. The molecule has 2 rings (SSSR count). The van der Waals surface area contributed by atoms with Crippen molar-refractivity contribution in [3.63, 3.8) is 0 Å². The second-order valence-electron chi connectivity index (χ2n) is 7.76. The Hall–Kier alpha value is -2.41. The Bertz CT molecular complexity index is 940. The molecular weight excluding hydrogens is 435 g/mol. The van der Waals surface area contributed by atoms with Crippen LogP contribution >= 0.6 is 11.6 Å². The maximum absolute atomic E-state index is 13.5. The van der Waals surface area contributed by atoms with Gasteiger partial charge < -0.3 is 19.7 Å². The summed E-state index contributed by atoms with van der Waals surface area (Å²) in [6.45, 7) is 5.96. The van der Waals surface area contributed by atoms with Crippen LogP contribution in [0, 0.1) is 5.82 Å². The summed E-state index contributed by atoms with van der Waals surface area (Å²) in [5, 5.41) is 20.9. The number of esters is 1. The first-order valence-corrected chi connectivity index (χ1v) is 10.9. The lowest BCUT2D eigenvalue weighted by Crippen LogP contribution is -2.20. The van der Waals surface area contributed by atoms with Gasteiger partial charge in [-0.1, -0.05) is 49.7 Å². The molecule has 0 aliphatic heterocycles. The summed E-state index contributed by atoms with van der Waals surface area (Å²) in [6, 6.07) is 7.83. The second kappa shape index (κ2) is 12.0. The zero-order chi connectivity index (χ0) is 23.8. The van der Waals surface area contributed by atoms with Crippen LogP contribution in [0.5, 0.6) is 5.75 Å². The number of rotatable bonds is 10. The number of methoxy groups -OCH3 is 1. The van der Waals surface area contributed by atoms with Crippen molar-refractivity contribution in [2.45, 2.75) is 51.7 Å². The smallest absolute Gasteiger partial charge is 0.308 e. The number of halogens is 2. The van der Waals surface area contributed by atoms with Crippen molar-refractivity contribution >= 4 is 23.6 Å². The maximum Gasteiger partial charge on any atom is 0.308 e. The van der Waals surface area contributed by atoms with Gasteiger partial charge in [-0.05, 0) is 47.7 Å². The van der Waals surface area contributed by atoms with Gasteiger partial charge in [-0.15, -0.1) is 0 Å². The van der Waals surface area contributed by atoms with Crippen LogP contribution in [0.25, 0.3) is 17.2 Å². The van der Waals surface area contributed by atoms with E-state index in [4.69, 9.17) is 21.1 Å². The van der Waals surface area contributed by atoms with E-state index in [2.05, 4.69) is 0 Å². The fourth-order valence-electron chi connectivity index (χ4n) is 3.49. The van der Waals surface area contributed by atoms with Crippen molar-refractivity contribution in [3.8, 4) is 16.9 Å². The molecule has 174 valence electrons. The Morgan fingerprint density at radius 2 is 1.88 bits per heavy atom. The zero-order valence-corrected chi connectivity index (χ0v) is 19.5. The molecule has 0 saturated carbocycles. The summed E-state index contributed by atoms with van der Waals surface area (Å²) in [5.74, 6) is -0.329. The number of hydrogen-bond donors (Lipinski definition) is 2. The van der Waals surface area contributed by atoms with Crippen LogP contribution in [-0.4, -0.2) is 42.1 Å². The minimum absolute atomic E-state index is 0.0249. The standard InChI is InChI=1S/C25H30ClFO5/c1-5-32-23(30)13-19(29)12-18(28)10-11-20-21(15(2)3)14-22(26)25(31-4)24(20)16-6-8-17(27)9-7-16/h6-11,14-15,18-19,28-29H,5,12-13H2,1-4H3/b11-10+. The minimum atomic E-state index is -1.03. The summed E-state index contributed by atoms with van der Waals surface area (Å²) in [5.41, 5.74) is 3.08. The molecule has 0 aliphatic carbocycles. The molecule has 0 saturated heterocycles. The van der Waals surface area contributed by atoms with Crippen LogP contribution in [0.4, 0.5) is 4.39 Å². The van der Waals surface area contributed by atoms with Gasteiger partial charge in [-0.2, -0.15) is 0 Å². The lowest BCUT2D eigenvalue weighted by Gasteiger charge is -2.20. The van der Waals surface area contributed by atoms with Gasteiger partial charge in [0, 0.05) is 12.0 Å². The van der Waals surface area contributed by atoms with Crippen molar-refractivity contribution in [1.82, 2.24) is 0 Å². The Kier molecular flexibility index (Phi) is 9.69. The maximum atomic E-state index is 13.5. The predicted octanol–water partition coefficient (Wildman–Crippen LogP) is 5.36. The number of benzene rings is 2. The number of carbonyl (C=O) groups excluding carboxylic acids is 1. The highest BCUT2D eigenvalue weighted by Gasteiger charge is 2.21. The highest BCUT2D eigenvalue weighted by atomic mass is 35.5. The van der Waals surface area contributed by atoms with Gasteiger partial charge in [0.15, 0.2) is 0 Å². The first kappa shape index (κ1) is 25.8. The molecule has 0 aromatic heterocycles. The topological polar surface area (TPSA) is 76.0 Å². The summed E-state index contributed by atoms with van der Waals surface area (Å²) >= 11 is 6.49. The fourth-order valence-corrected chi connectivity index (χ4v) is 3.78. The molecule has 0 heterocycles. The molecule has 7 heteroatoms. The van der Waals surface area contributed by atoms with E-state index in [0.717, 1.165) is 11.1 Å². The van der Waals surface area contributed by atoms with E-state index in [1.165, 1.54) is 19.2 Å². The SMILES string of the molecule is CCOC(=O)CC(O)CC(O)/C=C/c1c(C(C)C)cc(Cl)c(OC)c1-c1ccc(F)cc1. The van der Waals surface area contributed by atoms with Crippen LogP contribution in [0.15, 0.2) is 36.4 Å². The molecule has 2 N–H and O–H groups in total. The molecule has 0 bridgehead atoms. The number of aliphatic hydroxyl groups excluding tert-OH is 2. The Morgan fingerprint density at radius 1 is 1.22 bits per heavy atom. The predicted molar refractivity (Wildman–Crippen MR) is 124 cm³/mol. The van der Waals surface area contributed by atoms with E-state index in [-0.39, 0.29) is 31.2 Å². The quantitative estimate of drug-likeness (QED) is 0.463. The van der Waals surface area contributed by atoms with Gasteiger partial charge in [-0.3, -0.25) is 4.79 Å². The normalized spacial score (nSPS) is 13.4. The first-order chi connectivity index (χ1) is 15.2. The zero-order valence-electron chi connectivity index (χ0n) is 18.8. The van der Waals surface area contributed by atoms with Gasteiger partial charge in [0.25, 0.3) is 0 Å². The fraction of sp³-hybridized carbons (Fsp3) is 0.400. The number of carbonyl (C=O) groups is 1. The van der Waals surface area contributed by atoms with Crippen LogP contribution < -0.4 is 4.74 Å². The van der Waals surface area contributed by atoms with E-state index >= 15 is 0 Å². The number of hydrogen-bond acceptors (Lipinski definition) is 5. The molecule has 0 amide bonds. The molecule has 0 spiro atoms. The van der Waals surface area contributed by atoms with Gasteiger partial charge >= 0.3 is 5.97 Å². The Balaban J connectivity index is 2.44. The largest absolute Gasteiger partial charge is 0.495 e. The highest BCUT2D eigenvalue weighted by molar-refractivity contribution is 6.32. The highest BCUT2D eigenvalue weighted by Crippen LogP contribution is 2.43. The second-order valence-corrected chi connectivity index (χ2v) is 8.16. The molecule has 2 atom stereocenters. The molecule has 2 aromatic rings. The van der Waals surface area contributed by atoms with Crippen LogP contribution in [0.1, 0.15) is 50.7 Å². The van der Waals surface area contributed by atoms with Crippen molar-refractivity contribution in [3.05, 3.63) is 58.4 Å². The number of ether oxygens (including phenoxy) is 2. The van der Waals surface area contributed by atoms with Gasteiger partial charge in [0.05, 0.1) is 37.4 Å². The lowest BCUT2D eigenvalue weighted by atomic mass is 9.88. The third-order valence-corrected chi connectivity index (χ3v) is 5.25. The average molecular weight is 465 g/mol. The summed E-state index contributed by atoms with van der Waals surface area (Å²) in [7, 11) is 1.51. The molecule has 2 unspecified atom stereocenters. The van der Waals surface area contributed by atoms with Crippen molar-refractivity contribution < 1.29 is 28.9 Å². The van der Waals surface area contributed by atoms with Crippen molar-refractivity contribution in [2.75, 3.05) is 13.7 Å². The molecule has 32 heavy (non-hydrogen) atoms. The summed E-state index contributed by atoms with van der Waals surface area (Å²) in [4.78, 5) is 11.5. The monoisotopic (exact) mass is 464 g/mol. The van der Waals surface area contributed by atoms with Crippen LogP contribution in [0.2, 0.25) is 5.02 Å². The van der Waals surface area contributed by atoms with Crippen LogP contribution in [-0.2, 0) is 9.53 Å². The van der Waals surface area contributed by atoms with E-state index in [1.807, 2.05) is 19.9 Å². The molecule has 0 fully saturated rings. The van der Waals surface area contributed by atoms with E-state index < -0.39 is 18.2 Å². The molecule has 0 radical (unpaired) electrons. The lowest BCUT2D eigenvalue weighted by molar-refractivity contribution is -0.145. The third kappa shape index (κ3) is 6.79. The molecular formula is C25H30ClFO5. The first-order valence-electron chi connectivity index (χ1n) is 10.5. The van der Waals surface area contributed by atoms with E-state index in [0.29, 0.717) is 21.9 Å². The average Bonchev–Trinajstić information content (AvgIpc) is 2.72. The molecule has 5 nitrogen and oxygen atoms in total. The summed E-state index contributed by atoms with van der Waals surface area (Å²) < 4.78 is 23.9. The van der Waals surface area contributed by atoms with Crippen molar-refractivity contribution in [1.29, 1.82) is 0 Å². The van der Waals surface area contributed by atoms with Crippen molar-refractivity contribution in [2.24, 2.45) is 0 Å². The third-order valence-electron chi connectivity index (χ3n) is 4.97. The van der Waals surface area contributed by atoms with Gasteiger partial charge in [0.2, 0.25) is 0 Å². The summed E-state index contributed by atoms with van der Waals surface area (Å²) in [6.07, 6.45) is 1.05. The number of aliphatic hydroxyl groups is 2. The van der Waals surface area contributed by atoms with Gasteiger partial charge in [-0.25, -0.2) is 4.39 Å².